The lowest BCUT2D eigenvalue weighted by molar-refractivity contribution is -0.130. The smallest absolute Gasteiger partial charge is 0.223 e. The minimum atomic E-state index is 0.349. The summed E-state index contributed by atoms with van der Waals surface area (Å²) in [5, 5.41) is 0. The second kappa shape index (κ2) is 4.16. The Morgan fingerprint density at radius 1 is 1.29 bits per heavy atom. The molecule has 1 atom stereocenters. The zero-order chi connectivity index (χ0) is 9.97. The summed E-state index contributed by atoms with van der Waals surface area (Å²) in [5.74, 6) is 0.756. The fraction of sp³-hybridized carbons (Fsp3) is 0.750. The molecule has 1 saturated heterocycles. The molecule has 0 aromatic rings. The Hall–Kier alpha value is -0.790. The third-order valence-electron chi connectivity index (χ3n) is 3.54. The topological polar surface area (TPSA) is 20.3 Å². The standard InChI is InChI=1S/C12H19NO/c1-2-10-8-12(14)13(9-10)11-6-4-3-5-7-11/h2,10-11H,1,3-9H2. The van der Waals surface area contributed by atoms with Crippen molar-refractivity contribution in [2.75, 3.05) is 6.54 Å². The second-order valence-corrected chi connectivity index (χ2v) is 4.54. The van der Waals surface area contributed by atoms with E-state index in [2.05, 4.69) is 11.5 Å². The highest BCUT2D eigenvalue weighted by atomic mass is 16.2. The van der Waals surface area contributed by atoms with Crippen LogP contribution in [-0.4, -0.2) is 23.4 Å². The molecule has 0 N–H and O–H groups in total. The molecule has 1 heterocycles. The van der Waals surface area contributed by atoms with Crippen LogP contribution in [0.25, 0.3) is 0 Å². The highest BCUT2D eigenvalue weighted by molar-refractivity contribution is 5.79. The molecule has 2 nitrogen and oxygen atoms in total. The first-order valence-electron chi connectivity index (χ1n) is 5.73. The maximum absolute atomic E-state index is 11.7. The first-order valence-corrected chi connectivity index (χ1v) is 5.73. The van der Waals surface area contributed by atoms with Crippen LogP contribution in [0, 0.1) is 5.92 Å². The Morgan fingerprint density at radius 2 is 2.00 bits per heavy atom. The van der Waals surface area contributed by atoms with Crippen LogP contribution in [0.4, 0.5) is 0 Å². The summed E-state index contributed by atoms with van der Waals surface area (Å²) in [6.07, 6.45) is 9.01. The molecule has 2 fully saturated rings. The molecular formula is C12H19NO. The molecule has 0 spiro atoms. The van der Waals surface area contributed by atoms with E-state index in [1.807, 2.05) is 6.08 Å². The molecule has 2 rings (SSSR count). The van der Waals surface area contributed by atoms with Gasteiger partial charge < -0.3 is 4.90 Å². The summed E-state index contributed by atoms with van der Waals surface area (Å²) < 4.78 is 0. The van der Waals surface area contributed by atoms with Crippen LogP contribution in [0.3, 0.4) is 0 Å². The number of rotatable bonds is 2. The second-order valence-electron chi connectivity index (χ2n) is 4.54. The average Bonchev–Trinajstić information content (AvgIpc) is 2.61. The monoisotopic (exact) mass is 193 g/mol. The molecular weight excluding hydrogens is 174 g/mol. The summed E-state index contributed by atoms with van der Waals surface area (Å²) >= 11 is 0. The van der Waals surface area contributed by atoms with Crippen molar-refractivity contribution < 1.29 is 4.79 Å². The van der Waals surface area contributed by atoms with E-state index in [4.69, 9.17) is 0 Å². The highest BCUT2D eigenvalue weighted by Gasteiger charge is 2.33. The number of amides is 1. The molecule has 2 heteroatoms. The van der Waals surface area contributed by atoms with Crippen molar-refractivity contribution in [1.29, 1.82) is 0 Å². The minimum absolute atomic E-state index is 0.349. The number of carbonyl (C=O) groups excluding carboxylic acids is 1. The Balaban J connectivity index is 1.96. The van der Waals surface area contributed by atoms with Gasteiger partial charge in [0.2, 0.25) is 5.91 Å². The van der Waals surface area contributed by atoms with Crippen molar-refractivity contribution in [3.63, 3.8) is 0 Å². The van der Waals surface area contributed by atoms with Crippen LogP contribution in [0.1, 0.15) is 38.5 Å². The molecule has 1 aliphatic carbocycles. The van der Waals surface area contributed by atoms with Gasteiger partial charge in [-0.25, -0.2) is 0 Å². The SMILES string of the molecule is C=CC1CC(=O)N(C2CCCCC2)C1. The van der Waals surface area contributed by atoms with E-state index in [1.54, 1.807) is 0 Å². The van der Waals surface area contributed by atoms with Crippen molar-refractivity contribution in [1.82, 2.24) is 4.90 Å². The molecule has 0 aromatic heterocycles. The number of hydrogen-bond donors (Lipinski definition) is 0. The van der Waals surface area contributed by atoms with Gasteiger partial charge in [0.1, 0.15) is 0 Å². The van der Waals surface area contributed by atoms with Gasteiger partial charge in [-0.3, -0.25) is 4.79 Å². The van der Waals surface area contributed by atoms with Crippen LogP contribution < -0.4 is 0 Å². The first kappa shape index (κ1) is 9.75. The van der Waals surface area contributed by atoms with Crippen molar-refractivity contribution in [3.05, 3.63) is 12.7 Å². The molecule has 1 saturated carbocycles. The predicted molar refractivity (Wildman–Crippen MR) is 56.9 cm³/mol. The van der Waals surface area contributed by atoms with Crippen molar-refractivity contribution in [3.8, 4) is 0 Å². The molecule has 1 amide bonds. The number of likely N-dealkylation sites (tertiary alicyclic amines) is 1. The normalized spacial score (nSPS) is 29.6. The molecule has 0 bridgehead atoms. The predicted octanol–water partition coefficient (Wildman–Crippen LogP) is 2.35. The molecule has 2 aliphatic rings. The van der Waals surface area contributed by atoms with E-state index in [0.717, 1.165) is 6.54 Å². The van der Waals surface area contributed by atoms with Crippen molar-refractivity contribution >= 4 is 5.91 Å². The molecule has 0 radical (unpaired) electrons. The summed E-state index contributed by atoms with van der Waals surface area (Å²) in [6, 6.07) is 0.543. The van der Waals surface area contributed by atoms with Gasteiger partial charge in [-0.1, -0.05) is 25.3 Å². The maximum atomic E-state index is 11.7. The zero-order valence-corrected chi connectivity index (χ0v) is 8.74. The zero-order valence-electron chi connectivity index (χ0n) is 8.74. The van der Waals surface area contributed by atoms with E-state index in [0.29, 0.717) is 24.3 Å². The van der Waals surface area contributed by atoms with Crippen LogP contribution >= 0.6 is 0 Å². The molecule has 1 unspecified atom stereocenters. The van der Waals surface area contributed by atoms with Gasteiger partial charge in [-0.05, 0) is 12.8 Å². The van der Waals surface area contributed by atoms with E-state index >= 15 is 0 Å². The number of hydrogen-bond acceptors (Lipinski definition) is 1. The fourth-order valence-corrected chi connectivity index (χ4v) is 2.66. The van der Waals surface area contributed by atoms with Gasteiger partial charge in [0, 0.05) is 24.9 Å². The fourth-order valence-electron chi connectivity index (χ4n) is 2.66. The van der Waals surface area contributed by atoms with E-state index in [9.17, 15) is 4.79 Å². The lowest BCUT2D eigenvalue weighted by atomic mass is 9.94. The van der Waals surface area contributed by atoms with Crippen molar-refractivity contribution in [2.45, 2.75) is 44.6 Å². The van der Waals surface area contributed by atoms with Gasteiger partial charge in [0.05, 0.1) is 0 Å². The van der Waals surface area contributed by atoms with E-state index < -0.39 is 0 Å². The van der Waals surface area contributed by atoms with Crippen LogP contribution in [-0.2, 0) is 4.79 Å². The lowest BCUT2D eigenvalue weighted by Gasteiger charge is -2.31. The van der Waals surface area contributed by atoms with Crippen LogP contribution in [0.2, 0.25) is 0 Å². The Bertz CT molecular complexity index is 230. The van der Waals surface area contributed by atoms with E-state index in [-0.39, 0.29) is 0 Å². The van der Waals surface area contributed by atoms with Gasteiger partial charge in [-0.2, -0.15) is 0 Å². The third-order valence-corrected chi connectivity index (χ3v) is 3.54. The van der Waals surface area contributed by atoms with E-state index in [1.165, 1.54) is 32.1 Å². The van der Waals surface area contributed by atoms with Gasteiger partial charge in [0.15, 0.2) is 0 Å². The summed E-state index contributed by atoms with van der Waals surface area (Å²) in [7, 11) is 0. The third kappa shape index (κ3) is 1.84. The Kier molecular flexibility index (Phi) is 2.90. The Morgan fingerprint density at radius 3 is 2.57 bits per heavy atom. The lowest BCUT2D eigenvalue weighted by Crippen LogP contribution is -2.37. The van der Waals surface area contributed by atoms with Gasteiger partial charge in [0.25, 0.3) is 0 Å². The summed E-state index contributed by atoms with van der Waals surface area (Å²) in [6.45, 7) is 4.70. The minimum Gasteiger partial charge on any atom is -0.339 e. The first-order chi connectivity index (χ1) is 6.81. The van der Waals surface area contributed by atoms with Gasteiger partial charge in [-0.15, -0.1) is 6.58 Å². The van der Waals surface area contributed by atoms with Crippen LogP contribution in [0.15, 0.2) is 12.7 Å². The van der Waals surface area contributed by atoms with Crippen LogP contribution in [0.5, 0.6) is 0 Å². The molecule has 78 valence electrons. The average molecular weight is 193 g/mol. The molecule has 1 aliphatic heterocycles. The Labute approximate surface area is 86.0 Å². The maximum Gasteiger partial charge on any atom is 0.223 e. The number of nitrogens with zero attached hydrogens (tertiary/aromatic N) is 1. The quantitative estimate of drug-likeness (QED) is 0.616. The summed E-state index contributed by atoms with van der Waals surface area (Å²) in [4.78, 5) is 13.8. The van der Waals surface area contributed by atoms with Gasteiger partial charge >= 0.3 is 0 Å². The molecule has 0 aromatic carbocycles. The highest BCUT2D eigenvalue weighted by Crippen LogP contribution is 2.28. The summed E-state index contributed by atoms with van der Waals surface area (Å²) in [5.41, 5.74) is 0. The number of carbonyl (C=O) groups is 1. The molecule has 14 heavy (non-hydrogen) atoms. The largest absolute Gasteiger partial charge is 0.339 e. The van der Waals surface area contributed by atoms with Crippen molar-refractivity contribution in [2.24, 2.45) is 5.92 Å².